The Morgan fingerprint density at radius 1 is 1.05 bits per heavy atom. The molecule has 2 aliphatic carbocycles. The lowest BCUT2D eigenvalue weighted by Gasteiger charge is -2.41. The number of nitrogens with one attached hydrogen (secondary N) is 1. The third kappa shape index (κ3) is 3.47. The fourth-order valence-electron chi connectivity index (χ4n) is 5.52. The van der Waals surface area contributed by atoms with E-state index in [9.17, 15) is 0 Å². The van der Waals surface area contributed by atoms with Crippen molar-refractivity contribution in [1.82, 2.24) is 10.2 Å². The van der Waals surface area contributed by atoms with Crippen LogP contribution in [0.25, 0.3) is 0 Å². The van der Waals surface area contributed by atoms with E-state index in [-0.39, 0.29) is 0 Å². The molecule has 3 aliphatic rings. The van der Waals surface area contributed by atoms with Gasteiger partial charge >= 0.3 is 0 Å². The van der Waals surface area contributed by atoms with E-state index in [0.29, 0.717) is 0 Å². The van der Waals surface area contributed by atoms with Crippen LogP contribution in [0.1, 0.15) is 65.2 Å². The molecule has 21 heavy (non-hydrogen) atoms. The lowest BCUT2D eigenvalue weighted by Crippen LogP contribution is -2.47. The summed E-state index contributed by atoms with van der Waals surface area (Å²) >= 11 is 0. The Morgan fingerprint density at radius 2 is 1.86 bits per heavy atom. The van der Waals surface area contributed by atoms with E-state index < -0.39 is 0 Å². The summed E-state index contributed by atoms with van der Waals surface area (Å²) in [5.41, 5.74) is 0. The number of fused-ring (bicyclic) bond motifs is 1. The van der Waals surface area contributed by atoms with E-state index in [1.165, 1.54) is 64.5 Å². The largest absolute Gasteiger partial charge is 0.317 e. The maximum Gasteiger partial charge on any atom is 0.0124 e. The lowest BCUT2D eigenvalue weighted by atomic mass is 9.73. The van der Waals surface area contributed by atoms with Gasteiger partial charge in [0.25, 0.3) is 0 Å². The molecule has 0 radical (unpaired) electrons. The van der Waals surface area contributed by atoms with E-state index in [1.54, 1.807) is 0 Å². The van der Waals surface area contributed by atoms with Gasteiger partial charge in [-0.3, -0.25) is 4.90 Å². The van der Waals surface area contributed by atoms with Crippen LogP contribution in [0.5, 0.6) is 0 Å². The van der Waals surface area contributed by atoms with E-state index in [0.717, 1.165) is 35.8 Å². The molecule has 5 unspecified atom stereocenters. The zero-order valence-electron chi connectivity index (χ0n) is 14.5. The van der Waals surface area contributed by atoms with Gasteiger partial charge in [-0.2, -0.15) is 0 Å². The van der Waals surface area contributed by atoms with Gasteiger partial charge in [-0.1, -0.05) is 26.7 Å². The minimum atomic E-state index is 0.766. The molecule has 1 aliphatic heterocycles. The van der Waals surface area contributed by atoms with Crippen molar-refractivity contribution in [3.05, 3.63) is 0 Å². The first-order chi connectivity index (χ1) is 10.2. The molecule has 2 saturated carbocycles. The first kappa shape index (κ1) is 15.8. The fraction of sp³-hybridized carbons (Fsp3) is 1.00. The highest BCUT2D eigenvalue weighted by Crippen LogP contribution is 2.39. The van der Waals surface area contributed by atoms with Gasteiger partial charge in [0, 0.05) is 18.6 Å². The van der Waals surface area contributed by atoms with Crippen molar-refractivity contribution >= 4 is 0 Å². The molecule has 3 rings (SSSR count). The van der Waals surface area contributed by atoms with Gasteiger partial charge in [-0.05, 0) is 75.8 Å². The summed E-state index contributed by atoms with van der Waals surface area (Å²) in [4.78, 5) is 2.89. The monoisotopic (exact) mass is 292 g/mol. The maximum atomic E-state index is 3.63. The summed E-state index contributed by atoms with van der Waals surface area (Å²) in [6, 6.07) is 1.71. The van der Waals surface area contributed by atoms with Crippen LogP contribution in [0.15, 0.2) is 0 Å². The Hall–Kier alpha value is -0.0800. The molecule has 0 aromatic rings. The minimum absolute atomic E-state index is 0.766. The summed E-state index contributed by atoms with van der Waals surface area (Å²) in [5.74, 6) is 3.75. The molecular formula is C19H36N2. The van der Waals surface area contributed by atoms with Gasteiger partial charge in [0.1, 0.15) is 0 Å². The van der Waals surface area contributed by atoms with Crippen LogP contribution < -0.4 is 5.32 Å². The quantitative estimate of drug-likeness (QED) is 0.845. The van der Waals surface area contributed by atoms with Crippen LogP contribution in [0.4, 0.5) is 0 Å². The van der Waals surface area contributed by atoms with Gasteiger partial charge in [-0.15, -0.1) is 0 Å². The van der Waals surface area contributed by atoms with Gasteiger partial charge < -0.3 is 5.32 Å². The Balaban J connectivity index is 1.61. The highest BCUT2D eigenvalue weighted by Gasteiger charge is 2.39. The van der Waals surface area contributed by atoms with Gasteiger partial charge in [-0.25, -0.2) is 0 Å². The Kier molecular flexibility index (Phi) is 5.27. The van der Waals surface area contributed by atoms with Crippen LogP contribution >= 0.6 is 0 Å². The molecular weight excluding hydrogens is 256 g/mol. The van der Waals surface area contributed by atoms with Crippen molar-refractivity contribution in [2.75, 3.05) is 20.1 Å². The van der Waals surface area contributed by atoms with Gasteiger partial charge in [0.05, 0.1) is 0 Å². The topological polar surface area (TPSA) is 15.3 Å². The standard InChI is InChI=1S/C19H36N2/c1-14(2)16-8-9-18(20-3)17(12-16)13-21-11-10-15-6-4-5-7-19(15)21/h14-20H,4-13H2,1-3H3. The minimum Gasteiger partial charge on any atom is -0.317 e. The Morgan fingerprint density at radius 3 is 2.62 bits per heavy atom. The predicted molar refractivity (Wildman–Crippen MR) is 90.5 cm³/mol. The van der Waals surface area contributed by atoms with Gasteiger partial charge in [0.2, 0.25) is 0 Å². The summed E-state index contributed by atoms with van der Waals surface area (Å²) < 4.78 is 0. The van der Waals surface area contributed by atoms with Gasteiger partial charge in [0.15, 0.2) is 0 Å². The van der Waals surface area contributed by atoms with Crippen LogP contribution in [-0.2, 0) is 0 Å². The molecule has 2 nitrogen and oxygen atoms in total. The number of hydrogen-bond donors (Lipinski definition) is 1. The second kappa shape index (κ2) is 7.00. The molecule has 2 heteroatoms. The molecule has 0 bridgehead atoms. The summed E-state index contributed by atoms with van der Waals surface area (Å²) in [7, 11) is 2.18. The zero-order chi connectivity index (χ0) is 14.8. The molecule has 1 heterocycles. The van der Waals surface area contributed by atoms with E-state index in [4.69, 9.17) is 0 Å². The summed E-state index contributed by atoms with van der Waals surface area (Å²) in [6.07, 6.45) is 11.7. The summed E-state index contributed by atoms with van der Waals surface area (Å²) in [6.45, 7) is 7.60. The number of hydrogen-bond acceptors (Lipinski definition) is 2. The van der Waals surface area contributed by atoms with Crippen molar-refractivity contribution < 1.29 is 0 Å². The summed E-state index contributed by atoms with van der Waals surface area (Å²) in [5, 5.41) is 3.63. The molecule has 5 atom stereocenters. The second-order valence-electron chi connectivity index (χ2n) is 8.37. The van der Waals surface area contributed by atoms with Crippen LogP contribution in [0.3, 0.4) is 0 Å². The third-order valence-corrected chi connectivity index (χ3v) is 6.93. The molecule has 122 valence electrons. The number of rotatable bonds is 4. The van der Waals surface area contributed by atoms with Crippen molar-refractivity contribution in [3.8, 4) is 0 Å². The second-order valence-corrected chi connectivity index (χ2v) is 8.37. The molecule has 1 saturated heterocycles. The molecule has 0 aromatic carbocycles. The van der Waals surface area contributed by atoms with Crippen LogP contribution in [-0.4, -0.2) is 37.1 Å². The molecule has 3 fully saturated rings. The molecule has 1 N–H and O–H groups in total. The average Bonchev–Trinajstić information content (AvgIpc) is 2.90. The normalized spacial score (nSPS) is 41.4. The fourth-order valence-corrected chi connectivity index (χ4v) is 5.52. The van der Waals surface area contributed by atoms with Crippen LogP contribution in [0.2, 0.25) is 0 Å². The molecule has 0 amide bonds. The first-order valence-corrected chi connectivity index (χ1v) is 9.60. The first-order valence-electron chi connectivity index (χ1n) is 9.60. The average molecular weight is 293 g/mol. The van der Waals surface area contributed by atoms with Crippen molar-refractivity contribution in [3.63, 3.8) is 0 Å². The number of nitrogens with zero attached hydrogens (tertiary/aromatic N) is 1. The highest BCUT2D eigenvalue weighted by molar-refractivity contribution is 4.93. The number of likely N-dealkylation sites (tertiary alicyclic amines) is 1. The molecule has 0 spiro atoms. The predicted octanol–water partition coefficient (Wildman–Crippen LogP) is 3.91. The highest BCUT2D eigenvalue weighted by atomic mass is 15.2. The van der Waals surface area contributed by atoms with Crippen LogP contribution in [0, 0.1) is 23.7 Å². The Bertz CT molecular complexity index is 328. The maximum absolute atomic E-state index is 3.63. The SMILES string of the molecule is CNC1CCC(C(C)C)CC1CN1CCC2CCCCC21. The van der Waals surface area contributed by atoms with Crippen molar-refractivity contribution in [1.29, 1.82) is 0 Å². The third-order valence-electron chi connectivity index (χ3n) is 6.93. The van der Waals surface area contributed by atoms with E-state index >= 15 is 0 Å². The van der Waals surface area contributed by atoms with E-state index in [1.807, 2.05) is 0 Å². The lowest BCUT2D eigenvalue weighted by molar-refractivity contribution is 0.102. The smallest absolute Gasteiger partial charge is 0.0124 e. The zero-order valence-corrected chi connectivity index (χ0v) is 14.5. The Labute approximate surface area is 132 Å². The van der Waals surface area contributed by atoms with Crippen molar-refractivity contribution in [2.45, 2.75) is 77.3 Å². The molecule has 0 aromatic heterocycles. The van der Waals surface area contributed by atoms with E-state index in [2.05, 4.69) is 31.1 Å². The van der Waals surface area contributed by atoms with Crippen molar-refractivity contribution in [2.24, 2.45) is 23.7 Å².